The largest absolute Gasteiger partial charge is 0.394 e. The Kier molecular flexibility index (Phi) is 6.11. The van der Waals surface area contributed by atoms with Crippen molar-refractivity contribution >= 4 is 0 Å². The summed E-state index contributed by atoms with van der Waals surface area (Å²) in [5, 5.41) is 38.8. The lowest BCUT2D eigenvalue weighted by atomic mass is 9.93. The van der Waals surface area contributed by atoms with Crippen molar-refractivity contribution in [2.24, 2.45) is 11.5 Å². The average molecular weight is 322 g/mol. The van der Waals surface area contributed by atoms with Gasteiger partial charge in [0.05, 0.1) is 43.6 Å². The van der Waals surface area contributed by atoms with Crippen LogP contribution in [0.3, 0.4) is 0 Å². The molecule has 22 heavy (non-hydrogen) atoms. The van der Waals surface area contributed by atoms with E-state index in [0.29, 0.717) is 0 Å². The first kappa shape index (κ1) is 18.0. The van der Waals surface area contributed by atoms with E-state index in [1.165, 1.54) is 0 Å². The van der Waals surface area contributed by atoms with Crippen molar-refractivity contribution in [3.8, 4) is 0 Å². The lowest BCUT2D eigenvalue weighted by Gasteiger charge is -2.45. The maximum atomic E-state index is 10.3. The molecule has 8 N–H and O–H groups in total. The van der Waals surface area contributed by atoms with Crippen LogP contribution in [0.25, 0.3) is 0 Å². The van der Waals surface area contributed by atoms with E-state index in [0.717, 1.165) is 0 Å². The van der Waals surface area contributed by atoms with Gasteiger partial charge in [-0.25, -0.2) is 0 Å². The molecule has 2 fully saturated rings. The topological polar surface area (TPSA) is 161 Å². The summed E-state index contributed by atoms with van der Waals surface area (Å²) in [7, 11) is 0. The maximum absolute atomic E-state index is 10.3. The predicted octanol–water partition coefficient (Wildman–Crippen LogP) is -3.37. The van der Waals surface area contributed by atoms with Crippen LogP contribution in [0, 0.1) is 0 Å². The molecule has 2 aliphatic rings. The highest BCUT2D eigenvalue weighted by atomic mass is 16.7. The van der Waals surface area contributed by atoms with Gasteiger partial charge in [-0.3, -0.25) is 0 Å². The average Bonchev–Trinajstić information content (AvgIpc) is 2.51. The van der Waals surface area contributed by atoms with Gasteiger partial charge in [0, 0.05) is 6.42 Å². The smallest absolute Gasteiger partial charge is 0.176 e. The number of nitrogens with two attached hydrogens (primary N) is 2. The van der Waals surface area contributed by atoms with Crippen molar-refractivity contribution in [1.82, 2.24) is 0 Å². The lowest BCUT2D eigenvalue weighted by molar-refractivity contribution is -0.293. The molecule has 0 aliphatic carbocycles. The molecule has 9 unspecified atom stereocenters. The minimum atomic E-state index is -1.08. The van der Waals surface area contributed by atoms with Crippen LogP contribution < -0.4 is 11.5 Å². The van der Waals surface area contributed by atoms with Gasteiger partial charge in [-0.05, 0) is 6.92 Å². The molecule has 2 saturated heterocycles. The standard InChI is InChI=1S/C13H26N2O7/c1-5-9(14)11(19)12(8(4-17)20-5)22-13-10(15)7(18)2-6(3-16)21-13/h5-13,16-19H,2-4,14-15H2,1H3. The highest BCUT2D eigenvalue weighted by Crippen LogP contribution is 2.27. The summed E-state index contributed by atoms with van der Waals surface area (Å²) in [6.45, 7) is 1.04. The molecule has 0 bridgehead atoms. The Morgan fingerprint density at radius 2 is 1.77 bits per heavy atom. The molecule has 0 aromatic carbocycles. The molecule has 9 atom stereocenters. The van der Waals surface area contributed by atoms with Crippen LogP contribution in [0.1, 0.15) is 13.3 Å². The quantitative estimate of drug-likeness (QED) is 0.310. The second-order valence-electron chi connectivity index (χ2n) is 5.92. The van der Waals surface area contributed by atoms with Gasteiger partial charge >= 0.3 is 0 Å². The van der Waals surface area contributed by atoms with E-state index in [9.17, 15) is 20.4 Å². The molecular formula is C13H26N2O7. The van der Waals surface area contributed by atoms with Crippen LogP contribution >= 0.6 is 0 Å². The van der Waals surface area contributed by atoms with Crippen LogP contribution in [0.4, 0.5) is 0 Å². The van der Waals surface area contributed by atoms with E-state index >= 15 is 0 Å². The molecule has 130 valence electrons. The maximum Gasteiger partial charge on any atom is 0.176 e. The molecule has 0 aromatic heterocycles. The number of hydrogen-bond donors (Lipinski definition) is 6. The SMILES string of the molecule is CC1OC(CO)C(OC2OC(CO)CC(O)C2N)C(O)C1N. The zero-order chi connectivity index (χ0) is 16.4. The third-order valence-corrected chi connectivity index (χ3v) is 4.29. The van der Waals surface area contributed by atoms with Crippen molar-refractivity contribution in [3.63, 3.8) is 0 Å². The van der Waals surface area contributed by atoms with Crippen LogP contribution in [0.15, 0.2) is 0 Å². The highest BCUT2D eigenvalue weighted by molar-refractivity contribution is 4.95. The highest BCUT2D eigenvalue weighted by Gasteiger charge is 2.46. The van der Waals surface area contributed by atoms with E-state index < -0.39 is 55.0 Å². The monoisotopic (exact) mass is 322 g/mol. The second kappa shape index (κ2) is 7.47. The van der Waals surface area contributed by atoms with Gasteiger partial charge in [0.2, 0.25) is 0 Å². The third kappa shape index (κ3) is 3.58. The zero-order valence-electron chi connectivity index (χ0n) is 12.5. The van der Waals surface area contributed by atoms with Gasteiger partial charge in [0.15, 0.2) is 6.29 Å². The molecule has 9 nitrogen and oxygen atoms in total. The molecule has 9 heteroatoms. The molecule has 0 aromatic rings. The van der Waals surface area contributed by atoms with Crippen LogP contribution in [-0.2, 0) is 14.2 Å². The number of rotatable bonds is 4. The lowest BCUT2D eigenvalue weighted by Crippen LogP contribution is -2.64. The Bertz CT molecular complexity index is 359. The molecule has 2 aliphatic heterocycles. The molecule has 0 spiro atoms. The summed E-state index contributed by atoms with van der Waals surface area (Å²) in [4.78, 5) is 0. The Morgan fingerprint density at radius 3 is 2.36 bits per heavy atom. The second-order valence-corrected chi connectivity index (χ2v) is 5.92. The fourth-order valence-corrected chi connectivity index (χ4v) is 2.81. The zero-order valence-corrected chi connectivity index (χ0v) is 12.5. The fraction of sp³-hybridized carbons (Fsp3) is 1.00. The van der Waals surface area contributed by atoms with E-state index in [1.54, 1.807) is 6.92 Å². The van der Waals surface area contributed by atoms with Crippen molar-refractivity contribution in [2.45, 2.75) is 68.3 Å². The van der Waals surface area contributed by atoms with Gasteiger partial charge in [-0.2, -0.15) is 0 Å². The number of aliphatic hydroxyl groups excluding tert-OH is 4. The molecule has 2 heterocycles. The fourth-order valence-electron chi connectivity index (χ4n) is 2.81. The summed E-state index contributed by atoms with van der Waals surface area (Å²) in [5.74, 6) is 0. The van der Waals surface area contributed by atoms with Gasteiger partial charge < -0.3 is 46.1 Å². The van der Waals surface area contributed by atoms with E-state index in [2.05, 4.69) is 0 Å². The van der Waals surface area contributed by atoms with Gasteiger partial charge in [0.1, 0.15) is 18.3 Å². The van der Waals surface area contributed by atoms with Crippen molar-refractivity contribution in [2.75, 3.05) is 13.2 Å². The van der Waals surface area contributed by atoms with E-state index in [4.69, 9.17) is 25.7 Å². The number of hydrogen-bond acceptors (Lipinski definition) is 9. The minimum absolute atomic E-state index is 0.196. The third-order valence-electron chi connectivity index (χ3n) is 4.29. The molecule has 2 rings (SSSR count). The van der Waals surface area contributed by atoms with E-state index in [-0.39, 0.29) is 19.6 Å². The molecule has 0 radical (unpaired) electrons. The van der Waals surface area contributed by atoms with Crippen LogP contribution in [-0.4, -0.2) is 88.6 Å². The number of aliphatic hydroxyl groups is 4. The summed E-state index contributed by atoms with van der Waals surface area (Å²) in [6.07, 6.45) is -5.62. The van der Waals surface area contributed by atoms with Gasteiger partial charge in [0.25, 0.3) is 0 Å². The molecule has 0 amide bonds. The first-order chi connectivity index (χ1) is 10.4. The van der Waals surface area contributed by atoms with Crippen molar-refractivity contribution < 1.29 is 34.6 Å². The van der Waals surface area contributed by atoms with Gasteiger partial charge in [-0.1, -0.05) is 0 Å². The summed E-state index contributed by atoms with van der Waals surface area (Å²) < 4.78 is 16.6. The Hall–Kier alpha value is -0.360. The Balaban J connectivity index is 2.08. The Morgan fingerprint density at radius 1 is 1.09 bits per heavy atom. The van der Waals surface area contributed by atoms with Crippen molar-refractivity contribution in [3.05, 3.63) is 0 Å². The summed E-state index contributed by atoms with van der Waals surface area (Å²) in [5.41, 5.74) is 11.7. The summed E-state index contributed by atoms with van der Waals surface area (Å²) >= 11 is 0. The van der Waals surface area contributed by atoms with Crippen LogP contribution in [0.5, 0.6) is 0 Å². The molecule has 0 saturated carbocycles. The van der Waals surface area contributed by atoms with Crippen molar-refractivity contribution in [1.29, 1.82) is 0 Å². The normalized spacial score (nSPS) is 50.0. The first-order valence-electron chi connectivity index (χ1n) is 7.44. The first-order valence-corrected chi connectivity index (χ1v) is 7.44. The van der Waals surface area contributed by atoms with Crippen LogP contribution in [0.2, 0.25) is 0 Å². The Labute approximate surface area is 128 Å². The minimum Gasteiger partial charge on any atom is -0.394 e. The van der Waals surface area contributed by atoms with E-state index in [1.807, 2.05) is 0 Å². The summed E-state index contributed by atoms with van der Waals surface area (Å²) in [6, 6.07) is -1.53. The number of ether oxygens (including phenoxy) is 3. The molecular weight excluding hydrogens is 296 g/mol. The predicted molar refractivity (Wildman–Crippen MR) is 74.6 cm³/mol. The van der Waals surface area contributed by atoms with Gasteiger partial charge in [-0.15, -0.1) is 0 Å².